The minimum atomic E-state index is -1.23. The fraction of sp³-hybridized carbons (Fsp3) is 0.208. The number of rotatable bonds is 6. The second kappa shape index (κ2) is 9.07. The lowest BCUT2D eigenvalue weighted by molar-refractivity contribution is -0.0243. The Kier molecular flexibility index (Phi) is 5.82. The van der Waals surface area contributed by atoms with E-state index in [0.717, 1.165) is 5.56 Å². The van der Waals surface area contributed by atoms with Crippen molar-refractivity contribution in [2.24, 2.45) is 0 Å². The number of imidazole rings is 1. The van der Waals surface area contributed by atoms with E-state index in [2.05, 4.69) is 20.3 Å². The number of benzene rings is 2. The molecule has 168 valence electrons. The van der Waals surface area contributed by atoms with Gasteiger partial charge in [0, 0.05) is 12.1 Å². The van der Waals surface area contributed by atoms with Gasteiger partial charge in [0.1, 0.15) is 30.5 Å². The van der Waals surface area contributed by atoms with Gasteiger partial charge in [0.15, 0.2) is 23.2 Å². The van der Waals surface area contributed by atoms with Crippen LogP contribution in [0, 0.1) is 5.82 Å². The molecular formula is C24H22FN5O3. The molecule has 5 rings (SSSR count). The minimum Gasteiger partial charge on any atom is -0.387 e. The number of hydrogen-bond donors (Lipinski definition) is 3. The highest BCUT2D eigenvalue weighted by atomic mass is 19.1. The molecular weight excluding hydrogens is 425 g/mol. The summed E-state index contributed by atoms with van der Waals surface area (Å²) in [7, 11) is 0. The van der Waals surface area contributed by atoms with Gasteiger partial charge in [0.05, 0.1) is 6.33 Å². The number of hydrogen-bond acceptors (Lipinski definition) is 7. The SMILES string of the molecule is O[C@@H]1[C@H](O)[C@@H](C=Cc2ccccc2F)O[C@H]1n1cnc2c(NCc3ccccc3)ncnc21. The Bertz CT molecular complexity index is 1280. The zero-order valence-electron chi connectivity index (χ0n) is 17.5. The van der Waals surface area contributed by atoms with Crippen LogP contribution < -0.4 is 5.32 Å². The van der Waals surface area contributed by atoms with Crippen LogP contribution in [0.3, 0.4) is 0 Å². The highest BCUT2D eigenvalue weighted by Gasteiger charge is 2.43. The molecule has 9 heteroatoms. The molecule has 0 radical (unpaired) electrons. The van der Waals surface area contributed by atoms with Crippen LogP contribution in [0.4, 0.5) is 10.2 Å². The molecule has 0 bridgehead atoms. The third-order valence-corrected chi connectivity index (χ3v) is 5.58. The van der Waals surface area contributed by atoms with Crippen molar-refractivity contribution in [3.05, 3.63) is 90.3 Å². The Morgan fingerprint density at radius 1 is 1.00 bits per heavy atom. The summed E-state index contributed by atoms with van der Waals surface area (Å²) in [5, 5.41) is 24.4. The smallest absolute Gasteiger partial charge is 0.167 e. The first-order valence-electron chi connectivity index (χ1n) is 10.5. The van der Waals surface area contributed by atoms with Crippen LogP contribution in [0.25, 0.3) is 17.2 Å². The van der Waals surface area contributed by atoms with Crippen LogP contribution in [-0.4, -0.2) is 48.0 Å². The molecule has 1 fully saturated rings. The van der Waals surface area contributed by atoms with E-state index >= 15 is 0 Å². The number of fused-ring (bicyclic) bond motifs is 1. The van der Waals surface area contributed by atoms with Crippen LogP contribution in [0.2, 0.25) is 0 Å². The average molecular weight is 447 g/mol. The van der Waals surface area contributed by atoms with Gasteiger partial charge in [-0.05, 0) is 11.6 Å². The van der Waals surface area contributed by atoms with Gasteiger partial charge in [-0.1, -0.05) is 60.7 Å². The van der Waals surface area contributed by atoms with Gasteiger partial charge >= 0.3 is 0 Å². The molecule has 4 atom stereocenters. The molecule has 0 unspecified atom stereocenters. The van der Waals surface area contributed by atoms with Crippen LogP contribution in [0.15, 0.2) is 73.3 Å². The zero-order chi connectivity index (χ0) is 22.8. The molecule has 33 heavy (non-hydrogen) atoms. The van der Waals surface area contributed by atoms with E-state index in [1.807, 2.05) is 30.3 Å². The normalized spacial score (nSPS) is 22.9. The Balaban J connectivity index is 1.37. The van der Waals surface area contributed by atoms with E-state index in [1.165, 1.54) is 30.9 Å². The number of ether oxygens (including phenoxy) is 1. The number of aromatic nitrogens is 4. The first-order valence-corrected chi connectivity index (χ1v) is 10.5. The Labute approximate surface area is 189 Å². The summed E-state index contributed by atoms with van der Waals surface area (Å²) < 4.78 is 21.4. The predicted octanol–water partition coefficient (Wildman–Crippen LogP) is 2.91. The molecule has 3 heterocycles. The average Bonchev–Trinajstić information content (AvgIpc) is 3.39. The largest absolute Gasteiger partial charge is 0.387 e. The molecule has 2 aromatic heterocycles. The van der Waals surface area contributed by atoms with Crippen LogP contribution >= 0.6 is 0 Å². The van der Waals surface area contributed by atoms with E-state index in [-0.39, 0.29) is 5.82 Å². The summed E-state index contributed by atoms with van der Waals surface area (Å²) in [5.74, 6) is 0.165. The molecule has 4 aromatic rings. The highest BCUT2D eigenvalue weighted by molar-refractivity contribution is 5.82. The quantitative estimate of drug-likeness (QED) is 0.417. The van der Waals surface area contributed by atoms with Crippen molar-refractivity contribution in [1.29, 1.82) is 0 Å². The van der Waals surface area contributed by atoms with Gasteiger partial charge < -0.3 is 20.3 Å². The van der Waals surface area contributed by atoms with Gasteiger partial charge in [-0.15, -0.1) is 0 Å². The summed E-state index contributed by atoms with van der Waals surface area (Å²) in [6.07, 6.45) is 1.78. The first-order chi connectivity index (χ1) is 16.1. The van der Waals surface area contributed by atoms with E-state index in [4.69, 9.17) is 4.74 Å². The fourth-order valence-electron chi connectivity index (χ4n) is 3.83. The lowest BCUT2D eigenvalue weighted by Crippen LogP contribution is -2.30. The maximum absolute atomic E-state index is 13.9. The van der Waals surface area contributed by atoms with Gasteiger partial charge in [-0.25, -0.2) is 19.3 Å². The molecule has 0 saturated carbocycles. The molecule has 0 amide bonds. The molecule has 1 aliphatic heterocycles. The minimum absolute atomic E-state index is 0.362. The summed E-state index contributed by atoms with van der Waals surface area (Å²) >= 11 is 0. The molecule has 3 N–H and O–H groups in total. The number of aliphatic hydroxyl groups is 2. The number of anilines is 1. The van der Waals surface area contributed by atoms with Crippen LogP contribution in [0.5, 0.6) is 0 Å². The predicted molar refractivity (Wildman–Crippen MR) is 120 cm³/mol. The summed E-state index contributed by atoms with van der Waals surface area (Å²) in [5.41, 5.74) is 2.42. The van der Waals surface area contributed by atoms with Gasteiger partial charge in [-0.3, -0.25) is 4.57 Å². The van der Waals surface area contributed by atoms with E-state index in [9.17, 15) is 14.6 Å². The van der Waals surface area contributed by atoms with Crippen molar-refractivity contribution >= 4 is 23.1 Å². The molecule has 2 aromatic carbocycles. The monoisotopic (exact) mass is 447 g/mol. The lowest BCUT2D eigenvalue weighted by Gasteiger charge is -2.16. The van der Waals surface area contributed by atoms with E-state index in [0.29, 0.717) is 29.1 Å². The number of nitrogens with one attached hydrogen (secondary N) is 1. The van der Waals surface area contributed by atoms with Gasteiger partial charge in [0.25, 0.3) is 0 Å². The van der Waals surface area contributed by atoms with Gasteiger partial charge in [-0.2, -0.15) is 0 Å². The highest BCUT2D eigenvalue weighted by Crippen LogP contribution is 2.33. The number of nitrogens with zero attached hydrogens (tertiary/aromatic N) is 4. The molecule has 0 aliphatic carbocycles. The standard InChI is InChI=1S/C24H22FN5O3/c25-17-9-5-4-8-16(17)10-11-18-20(31)21(32)24(33-18)30-14-29-19-22(27-13-28-23(19)30)26-12-15-6-2-1-3-7-15/h1-11,13-14,18,20-21,24,31-32H,12H2,(H,26,27,28)/t18-,20-,21-,24-/m1/s1. The van der Waals surface area contributed by atoms with Crippen LogP contribution in [-0.2, 0) is 11.3 Å². The molecule has 0 spiro atoms. The first kappa shape index (κ1) is 21.2. The zero-order valence-corrected chi connectivity index (χ0v) is 17.5. The third-order valence-electron chi connectivity index (χ3n) is 5.58. The lowest BCUT2D eigenvalue weighted by atomic mass is 10.1. The number of halogens is 1. The summed E-state index contributed by atoms with van der Waals surface area (Å²) in [6, 6.07) is 16.2. The van der Waals surface area contributed by atoms with Crippen molar-refractivity contribution in [2.45, 2.75) is 31.1 Å². The fourth-order valence-corrected chi connectivity index (χ4v) is 3.83. The van der Waals surface area contributed by atoms with E-state index < -0.39 is 24.5 Å². The van der Waals surface area contributed by atoms with Crippen molar-refractivity contribution in [3.63, 3.8) is 0 Å². The topological polar surface area (TPSA) is 105 Å². The number of aliphatic hydroxyl groups excluding tert-OH is 2. The Hall–Kier alpha value is -3.66. The van der Waals surface area contributed by atoms with E-state index in [1.54, 1.807) is 22.8 Å². The summed E-state index contributed by atoms with van der Waals surface area (Å²) in [6.45, 7) is 0.560. The van der Waals surface area contributed by atoms with Gasteiger partial charge in [0.2, 0.25) is 0 Å². The molecule has 8 nitrogen and oxygen atoms in total. The molecule has 1 saturated heterocycles. The van der Waals surface area contributed by atoms with Crippen molar-refractivity contribution in [1.82, 2.24) is 19.5 Å². The van der Waals surface area contributed by atoms with Crippen molar-refractivity contribution in [3.8, 4) is 0 Å². The second-order valence-corrected chi connectivity index (χ2v) is 7.74. The van der Waals surface area contributed by atoms with Crippen LogP contribution in [0.1, 0.15) is 17.4 Å². The maximum Gasteiger partial charge on any atom is 0.167 e. The maximum atomic E-state index is 13.9. The van der Waals surface area contributed by atoms with Crippen molar-refractivity contribution in [2.75, 3.05) is 5.32 Å². The van der Waals surface area contributed by atoms with Crippen molar-refractivity contribution < 1.29 is 19.3 Å². The Morgan fingerprint density at radius 2 is 1.79 bits per heavy atom. The molecule has 1 aliphatic rings. The summed E-state index contributed by atoms with van der Waals surface area (Å²) in [4.78, 5) is 13.0. The Morgan fingerprint density at radius 3 is 2.61 bits per heavy atom. The second-order valence-electron chi connectivity index (χ2n) is 7.74. The third kappa shape index (κ3) is 4.21.